The zero-order chi connectivity index (χ0) is 19.3. The first-order chi connectivity index (χ1) is 12.3. The second-order valence-electron chi connectivity index (χ2n) is 7.45. The van der Waals surface area contributed by atoms with Crippen LogP contribution < -0.4 is 10.1 Å². The number of ether oxygens (including phenoxy) is 1. The summed E-state index contributed by atoms with van der Waals surface area (Å²) in [6, 6.07) is 7.04. The number of carbonyl (C=O) groups is 2. The standard InChI is InChI=1S/C21H29NO4/c1-13(2)19-10-16(11-20(23)24)14(3)9-17(19)12-22-21(25)15-5-7-18(26-4)8-6-15/h5-9,13,16-17,19H,10-12H2,1-4H3,(H,22,25)(H,23,24). The predicted molar refractivity (Wildman–Crippen MR) is 101 cm³/mol. The Balaban J connectivity index is 2.04. The minimum absolute atomic E-state index is 0.0911. The average molecular weight is 359 g/mol. The zero-order valence-electron chi connectivity index (χ0n) is 16.0. The summed E-state index contributed by atoms with van der Waals surface area (Å²) in [4.78, 5) is 23.5. The zero-order valence-corrected chi connectivity index (χ0v) is 16.0. The molecular weight excluding hydrogens is 330 g/mol. The Bertz CT molecular complexity index is 663. The van der Waals surface area contributed by atoms with Crippen molar-refractivity contribution in [3.63, 3.8) is 0 Å². The predicted octanol–water partition coefficient (Wildman–Crippen LogP) is 3.75. The molecule has 2 rings (SSSR count). The molecule has 0 saturated carbocycles. The summed E-state index contributed by atoms with van der Waals surface area (Å²) in [7, 11) is 1.59. The molecule has 3 unspecified atom stereocenters. The van der Waals surface area contributed by atoms with E-state index < -0.39 is 5.97 Å². The van der Waals surface area contributed by atoms with Gasteiger partial charge in [-0.15, -0.1) is 0 Å². The summed E-state index contributed by atoms with van der Waals surface area (Å²) in [6.45, 7) is 6.89. The molecule has 1 aromatic carbocycles. The molecule has 0 bridgehead atoms. The van der Waals surface area contributed by atoms with Crippen molar-refractivity contribution >= 4 is 11.9 Å². The van der Waals surface area contributed by atoms with E-state index in [0.717, 1.165) is 17.7 Å². The number of amides is 1. The van der Waals surface area contributed by atoms with Gasteiger partial charge in [0.05, 0.1) is 13.5 Å². The van der Waals surface area contributed by atoms with Gasteiger partial charge in [0, 0.05) is 12.1 Å². The van der Waals surface area contributed by atoms with E-state index in [4.69, 9.17) is 9.84 Å². The van der Waals surface area contributed by atoms with E-state index in [1.54, 1.807) is 31.4 Å². The number of nitrogens with one attached hydrogen (secondary N) is 1. The summed E-state index contributed by atoms with van der Waals surface area (Å²) in [5.74, 6) is 0.968. The number of hydrogen-bond acceptors (Lipinski definition) is 3. The molecule has 0 aromatic heterocycles. The Morgan fingerprint density at radius 2 is 1.92 bits per heavy atom. The van der Waals surface area contributed by atoms with Crippen LogP contribution in [0.2, 0.25) is 0 Å². The van der Waals surface area contributed by atoms with Gasteiger partial charge in [-0.2, -0.15) is 0 Å². The minimum atomic E-state index is -0.753. The van der Waals surface area contributed by atoms with E-state index in [1.807, 2.05) is 6.92 Å². The molecule has 1 aromatic rings. The molecule has 142 valence electrons. The van der Waals surface area contributed by atoms with E-state index in [9.17, 15) is 9.59 Å². The maximum atomic E-state index is 12.4. The fourth-order valence-electron chi connectivity index (χ4n) is 3.77. The first-order valence-electron chi connectivity index (χ1n) is 9.14. The lowest BCUT2D eigenvalue weighted by Crippen LogP contribution is -2.37. The van der Waals surface area contributed by atoms with Crippen molar-refractivity contribution in [3.8, 4) is 5.75 Å². The molecule has 1 aliphatic rings. The van der Waals surface area contributed by atoms with Gasteiger partial charge in [0.25, 0.3) is 5.91 Å². The Morgan fingerprint density at radius 3 is 2.46 bits per heavy atom. The first kappa shape index (κ1) is 20.0. The van der Waals surface area contributed by atoms with Crippen molar-refractivity contribution in [1.82, 2.24) is 5.32 Å². The first-order valence-corrected chi connectivity index (χ1v) is 9.14. The number of rotatable bonds is 7. The summed E-state index contributed by atoms with van der Waals surface area (Å²) < 4.78 is 5.11. The monoisotopic (exact) mass is 359 g/mol. The van der Waals surface area contributed by atoms with E-state index >= 15 is 0 Å². The molecule has 0 heterocycles. The molecule has 0 spiro atoms. The van der Waals surface area contributed by atoms with Crippen LogP contribution in [0.1, 0.15) is 44.0 Å². The van der Waals surface area contributed by atoms with Gasteiger partial charge < -0.3 is 15.2 Å². The summed E-state index contributed by atoms with van der Waals surface area (Å²) in [5, 5.41) is 12.1. The van der Waals surface area contributed by atoms with Gasteiger partial charge in [-0.1, -0.05) is 25.5 Å². The molecule has 1 aliphatic carbocycles. The number of carboxylic acids is 1. The molecular formula is C21H29NO4. The third kappa shape index (κ3) is 5.10. The number of carboxylic acid groups (broad SMARTS) is 1. The van der Waals surface area contributed by atoms with Crippen molar-refractivity contribution in [1.29, 1.82) is 0 Å². The Hall–Kier alpha value is -2.30. The van der Waals surface area contributed by atoms with Crippen LogP contribution >= 0.6 is 0 Å². The summed E-state index contributed by atoms with van der Waals surface area (Å²) in [6.07, 6.45) is 3.20. The highest BCUT2D eigenvalue weighted by Crippen LogP contribution is 2.38. The van der Waals surface area contributed by atoms with E-state index in [1.165, 1.54) is 0 Å². The molecule has 5 nitrogen and oxygen atoms in total. The quantitative estimate of drug-likeness (QED) is 0.727. The Morgan fingerprint density at radius 1 is 1.27 bits per heavy atom. The minimum Gasteiger partial charge on any atom is -0.497 e. The molecule has 1 amide bonds. The molecule has 0 aliphatic heterocycles. The van der Waals surface area contributed by atoms with Crippen LogP contribution in [0.5, 0.6) is 5.75 Å². The average Bonchev–Trinajstić information content (AvgIpc) is 2.61. The number of carbonyl (C=O) groups excluding carboxylic acids is 1. The molecule has 2 N–H and O–H groups in total. The molecule has 0 radical (unpaired) electrons. The van der Waals surface area contributed by atoms with Crippen LogP contribution in [0.3, 0.4) is 0 Å². The van der Waals surface area contributed by atoms with Crippen LogP contribution in [0, 0.1) is 23.7 Å². The second kappa shape index (κ2) is 8.88. The van der Waals surface area contributed by atoms with E-state index in [0.29, 0.717) is 23.9 Å². The fourth-order valence-corrected chi connectivity index (χ4v) is 3.77. The number of hydrogen-bond donors (Lipinski definition) is 2. The smallest absolute Gasteiger partial charge is 0.303 e. The van der Waals surface area contributed by atoms with E-state index in [-0.39, 0.29) is 24.2 Å². The number of aliphatic carboxylic acids is 1. The van der Waals surface area contributed by atoms with Crippen molar-refractivity contribution in [3.05, 3.63) is 41.5 Å². The Kier molecular flexibility index (Phi) is 6.83. The molecule has 5 heteroatoms. The lowest BCUT2D eigenvalue weighted by atomic mass is 9.70. The molecule has 0 fully saturated rings. The fraction of sp³-hybridized carbons (Fsp3) is 0.524. The highest BCUT2D eigenvalue weighted by Gasteiger charge is 2.32. The van der Waals surface area contributed by atoms with Gasteiger partial charge in [0.2, 0.25) is 0 Å². The van der Waals surface area contributed by atoms with Crippen LogP contribution in [0.25, 0.3) is 0 Å². The van der Waals surface area contributed by atoms with Gasteiger partial charge in [0.15, 0.2) is 0 Å². The maximum absolute atomic E-state index is 12.4. The lowest BCUT2D eigenvalue weighted by Gasteiger charge is -2.36. The van der Waals surface area contributed by atoms with Crippen molar-refractivity contribution < 1.29 is 19.4 Å². The van der Waals surface area contributed by atoms with Crippen molar-refractivity contribution in [2.75, 3.05) is 13.7 Å². The number of allylic oxidation sites excluding steroid dienone is 1. The number of methoxy groups -OCH3 is 1. The van der Waals surface area contributed by atoms with Crippen molar-refractivity contribution in [2.45, 2.75) is 33.6 Å². The van der Waals surface area contributed by atoms with Crippen LogP contribution in [0.15, 0.2) is 35.9 Å². The highest BCUT2D eigenvalue weighted by molar-refractivity contribution is 5.94. The van der Waals surface area contributed by atoms with Crippen LogP contribution in [-0.2, 0) is 4.79 Å². The van der Waals surface area contributed by atoms with Crippen LogP contribution in [-0.4, -0.2) is 30.6 Å². The normalized spacial score (nSPS) is 22.7. The maximum Gasteiger partial charge on any atom is 0.303 e. The van der Waals surface area contributed by atoms with Crippen molar-refractivity contribution in [2.24, 2.45) is 23.7 Å². The second-order valence-corrected chi connectivity index (χ2v) is 7.45. The summed E-state index contributed by atoms with van der Waals surface area (Å²) in [5.41, 5.74) is 1.72. The molecule has 3 atom stereocenters. The molecule has 0 saturated heterocycles. The van der Waals surface area contributed by atoms with Gasteiger partial charge in [-0.05, 0) is 61.3 Å². The summed E-state index contributed by atoms with van der Waals surface area (Å²) >= 11 is 0. The van der Waals surface area contributed by atoms with E-state index in [2.05, 4.69) is 25.2 Å². The van der Waals surface area contributed by atoms with Gasteiger partial charge in [0.1, 0.15) is 5.75 Å². The highest BCUT2D eigenvalue weighted by atomic mass is 16.5. The van der Waals surface area contributed by atoms with Gasteiger partial charge in [-0.25, -0.2) is 0 Å². The lowest BCUT2D eigenvalue weighted by molar-refractivity contribution is -0.138. The SMILES string of the molecule is COc1ccc(C(=O)NCC2C=C(C)C(CC(=O)O)CC2C(C)C)cc1. The van der Waals surface area contributed by atoms with Crippen LogP contribution in [0.4, 0.5) is 0 Å². The third-order valence-corrected chi connectivity index (χ3v) is 5.36. The van der Waals surface area contributed by atoms with Gasteiger partial charge >= 0.3 is 5.97 Å². The number of benzene rings is 1. The topological polar surface area (TPSA) is 75.6 Å². The molecule has 26 heavy (non-hydrogen) atoms. The Labute approximate surface area is 155 Å². The largest absolute Gasteiger partial charge is 0.497 e. The van der Waals surface area contributed by atoms with Gasteiger partial charge in [-0.3, -0.25) is 9.59 Å². The third-order valence-electron chi connectivity index (χ3n) is 5.36.